The molecule has 3 nitrogen and oxygen atoms in total. The molecular formula is C8H9F3N2O. The van der Waals surface area contributed by atoms with Gasteiger partial charge in [0.15, 0.2) is 0 Å². The Labute approximate surface area is 78.0 Å². The van der Waals surface area contributed by atoms with Crippen LogP contribution >= 0.6 is 0 Å². The van der Waals surface area contributed by atoms with E-state index in [-0.39, 0.29) is 0 Å². The Balaban J connectivity index is 3.33. The van der Waals surface area contributed by atoms with Gasteiger partial charge in [-0.1, -0.05) is 0 Å². The zero-order valence-corrected chi connectivity index (χ0v) is 7.64. The fourth-order valence-corrected chi connectivity index (χ4v) is 0.936. The van der Waals surface area contributed by atoms with Crippen LogP contribution in [0.2, 0.25) is 0 Å². The fraction of sp³-hybridized carbons (Fsp3) is 0.500. The van der Waals surface area contributed by atoms with E-state index in [0.29, 0.717) is 0 Å². The molecule has 0 aliphatic rings. The molecule has 1 heterocycles. The molecule has 1 rings (SSSR count). The first-order valence-corrected chi connectivity index (χ1v) is 3.89. The molecule has 0 atom stereocenters. The molecule has 0 radical (unpaired) electrons. The zero-order chi connectivity index (χ0) is 10.9. The molecule has 6 heteroatoms. The maximum atomic E-state index is 13.1. The van der Waals surface area contributed by atoms with Crippen LogP contribution in [0.25, 0.3) is 0 Å². The minimum atomic E-state index is -2.79. The number of hydrogen-bond acceptors (Lipinski definition) is 2. The van der Waals surface area contributed by atoms with Crippen molar-refractivity contribution in [3.8, 4) is 0 Å². The van der Waals surface area contributed by atoms with Crippen LogP contribution in [0.5, 0.6) is 0 Å². The van der Waals surface area contributed by atoms with E-state index in [0.717, 1.165) is 20.2 Å². The minimum Gasteiger partial charge on any atom is -0.311 e. The van der Waals surface area contributed by atoms with E-state index in [1.54, 1.807) is 0 Å². The van der Waals surface area contributed by atoms with Gasteiger partial charge in [-0.05, 0) is 13.8 Å². The van der Waals surface area contributed by atoms with E-state index in [1.165, 1.54) is 0 Å². The Morgan fingerprint density at radius 2 is 2.07 bits per heavy atom. The van der Waals surface area contributed by atoms with E-state index in [4.69, 9.17) is 0 Å². The Morgan fingerprint density at radius 3 is 2.57 bits per heavy atom. The summed E-state index contributed by atoms with van der Waals surface area (Å²) in [7, 11) is 0. The molecule has 0 spiro atoms. The summed E-state index contributed by atoms with van der Waals surface area (Å²) in [6.45, 7) is 2.26. The first-order chi connectivity index (χ1) is 6.37. The lowest BCUT2D eigenvalue weighted by atomic mass is 9.89. The van der Waals surface area contributed by atoms with Crippen molar-refractivity contribution < 1.29 is 13.2 Å². The van der Waals surface area contributed by atoms with Crippen LogP contribution in [0, 0.1) is 5.82 Å². The second-order valence-corrected chi connectivity index (χ2v) is 3.42. The highest BCUT2D eigenvalue weighted by Gasteiger charge is 2.36. The number of H-pyrrole nitrogens is 1. The maximum Gasteiger partial charge on any atom is 0.287 e. The maximum absolute atomic E-state index is 13.1. The number of nitrogens with zero attached hydrogens (tertiary/aromatic N) is 1. The molecular weight excluding hydrogens is 197 g/mol. The van der Waals surface area contributed by atoms with Gasteiger partial charge < -0.3 is 4.98 Å². The first kappa shape index (κ1) is 10.7. The van der Waals surface area contributed by atoms with Crippen molar-refractivity contribution in [1.29, 1.82) is 0 Å². The van der Waals surface area contributed by atoms with Crippen molar-refractivity contribution in [2.45, 2.75) is 25.7 Å². The Hall–Kier alpha value is -1.33. The third-order valence-corrected chi connectivity index (χ3v) is 1.95. The van der Waals surface area contributed by atoms with Crippen LogP contribution in [0.4, 0.5) is 13.2 Å². The van der Waals surface area contributed by atoms with Crippen LogP contribution in [-0.4, -0.2) is 16.4 Å². The zero-order valence-electron chi connectivity index (χ0n) is 7.64. The second-order valence-electron chi connectivity index (χ2n) is 3.42. The molecule has 0 saturated carbocycles. The predicted octanol–water partition coefficient (Wildman–Crippen LogP) is 1.45. The summed E-state index contributed by atoms with van der Waals surface area (Å²) < 4.78 is 38.1. The lowest BCUT2D eigenvalue weighted by Crippen LogP contribution is -2.32. The van der Waals surface area contributed by atoms with Gasteiger partial charge in [0.1, 0.15) is 0 Å². The molecule has 0 aliphatic heterocycles. The lowest BCUT2D eigenvalue weighted by Gasteiger charge is -2.22. The molecule has 78 valence electrons. The van der Waals surface area contributed by atoms with Gasteiger partial charge in [0.05, 0.1) is 17.4 Å². The highest BCUT2D eigenvalue weighted by atomic mass is 19.3. The van der Waals surface area contributed by atoms with Crippen molar-refractivity contribution in [2.75, 3.05) is 0 Å². The van der Waals surface area contributed by atoms with Gasteiger partial charge in [-0.3, -0.25) is 4.79 Å². The van der Waals surface area contributed by atoms with Crippen LogP contribution in [-0.2, 0) is 5.41 Å². The Kier molecular flexibility index (Phi) is 2.64. The van der Waals surface area contributed by atoms with E-state index in [9.17, 15) is 18.0 Å². The van der Waals surface area contributed by atoms with Gasteiger partial charge in [-0.25, -0.2) is 13.8 Å². The molecule has 0 aromatic carbocycles. The Bertz CT molecular complexity index is 386. The predicted molar refractivity (Wildman–Crippen MR) is 43.8 cm³/mol. The van der Waals surface area contributed by atoms with Crippen molar-refractivity contribution in [3.05, 3.63) is 28.2 Å². The summed E-state index contributed by atoms with van der Waals surface area (Å²) in [6, 6.07) is 0. The molecule has 1 aromatic rings. The van der Waals surface area contributed by atoms with E-state index >= 15 is 0 Å². The largest absolute Gasteiger partial charge is 0.311 e. The van der Waals surface area contributed by atoms with Gasteiger partial charge in [-0.15, -0.1) is 0 Å². The van der Waals surface area contributed by atoms with Crippen molar-refractivity contribution in [2.24, 2.45) is 0 Å². The molecule has 0 saturated heterocycles. The van der Waals surface area contributed by atoms with Gasteiger partial charge in [0.2, 0.25) is 12.2 Å². The number of alkyl halides is 2. The smallest absolute Gasteiger partial charge is 0.287 e. The number of nitrogens with one attached hydrogen (secondary N) is 1. The van der Waals surface area contributed by atoms with Crippen LogP contribution in [0.3, 0.4) is 0 Å². The second kappa shape index (κ2) is 3.43. The summed E-state index contributed by atoms with van der Waals surface area (Å²) in [5.41, 5.74) is -3.32. The summed E-state index contributed by atoms with van der Waals surface area (Å²) in [5, 5.41) is 0. The molecule has 1 N–H and O–H groups in total. The highest BCUT2D eigenvalue weighted by molar-refractivity contribution is 5.15. The van der Waals surface area contributed by atoms with Gasteiger partial charge in [0.25, 0.3) is 5.56 Å². The highest BCUT2D eigenvalue weighted by Crippen LogP contribution is 2.28. The van der Waals surface area contributed by atoms with Crippen LogP contribution in [0.15, 0.2) is 11.1 Å². The van der Waals surface area contributed by atoms with Gasteiger partial charge in [-0.2, -0.15) is 4.39 Å². The summed E-state index contributed by atoms with van der Waals surface area (Å²) in [6.07, 6.45) is -1.88. The average Bonchev–Trinajstić information content (AvgIpc) is 2.09. The number of aromatic nitrogens is 2. The number of aromatic amines is 1. The monoisotopic (exact) mass is 206 g/mol. The molecule has 0 bridgehead atoms. The SMILES string of the molecule is CC(C)(c1nc[nH]c(=O)c1F)C(F)F. The average molecular weight is 206 g/mol. The lowest BCUT2D eigenvalue weighted by molar-refractivity contribution is 0.0646. The number of halogens is 3. The topological polar surface area (TPSA) is 45.8 Å². The number of hydrogen-bond donors (Lipinski definition) is 1. The third kappa shape index (κ3) is 1.64. The van der Waals surface area contributed by atoms with Crippen molar-refractivity contribution in [3.63, 3.8) is 0 Å². The van der Waals surface area contributed by atoms with Gasteiger partial charge in [0, 0.05) is 0 Å². The van der Waals surface area contributed by atoms with E-state index < -0.39 is 28.9 Å². The normalized spacial score (nSPS) is 12.1. The molecule has 1 aromatic heterocycles. The third-order valence-electron chi connectivity index (χ3n) is 1.95. The van der Waals surface area contributed by atoms with Crippen molar-refractivity contribution >= 4 is 0 Å². The number of rotatable bonds is 2. The van der Waals surface area contributed by atoms with Crippen LogP contribution < -0.4 is 5.56 Å². The Morgan fingerprint density at radius 1 is 1.50 bits per heavy atom. The van der Waals surface area contributed by atoms with E-state index in [2.05, 4.69) is 4.98 Å². The molecule has 0 amide bonds. The van der Waals surface area contributed by atoms with Crippen LogP contribution in [0.1, 0.15) is 19.5 Å². The van der Waals surface area contributed by atoms with Gasteiger partial charge >= 0.3 is 0 Å². The van der Waals surface area contributed by atoms with Crippen molar-refractivity contribution in [1.82, 2.24) is 9.97 Å². The molecule has 0 unspecified atom stereocenters. The minimum absolute atomic E-state index is 0.517. The molecule has 0 aliphatic carbocycles. The first-order valence-electron chi connectivity index (χ1n) is 3.89. The summed E-state index contributed by atoms with van der Waals surface area (Å²) >= 11 is 0. The molecule has 14 heavy (non-hydrogen) atoms. The molecule has 0 fully saturated rings. The standard InChI is InChI=1S/C8H9F3N2O/c1-8(2,7(10)11)5-4(9)6(14)13-3-12-5/h3,7H,1-2H3,(H,12,13,14). The van der Waals surface area contributed by atoms with E-state index in [1.807, 2.05) is 4.98 Å². The quantitative estimate of drug-likeness (QED) is 0.796. The summed E-state index contributed by atoms with van der Waals surface area (Å²) in [5.74, 6) is -1.25. The fourth-order valence-electron chi connectivity index (χ4n) is 0.936. The summed E-state index contributed by atoms with van der Waals surface area (Å²) in [4.78, 5) is 16.2.